The van der Waals surface area contributed by atoms with Crippen molar-refractivity contribution in [3.05, 3.63) is 105 Å². The van der Waals surface area contributed by atoms with Crippen molar-refractivity contribution < 1.29 is 33.3 Å². The maximum absolute atomic E-state index is 12.7. The van der Waals surface area contributed by atoms with E-state index in [2.05, 4.69) is 20.6 Å². The first kappa shape index (κ1) is 37.5. The summed E-state index contributed by atoms with van der Waals surface area (Å²) in [5.74, 6) is 1.08. The van der Waals surface area contributed by atoms with Crippen molar-refractivity contribution in [2.24, 2.45) is 0 Å². The molecule has 4 rings (SSSR count). The zero-order valence-corrected chi connectivity index (χ0v) is 29.3. The highest BCUT2D eigenvalue weighted by atomic mass is 35.5. The Balaban J connectivity index is 1.09. The molecule has 0 fully saturated rings. The second-order valence-electron chi connectivity index (χ2n) is 10.6. The number of aryl methyl sites for hydroxylation is 1. The molecule has 1 unspecified atom stereocenters. The molecule has 0 saturated heterocycles. The van der Waals surface area contributed by atoms with E-state index in [-0.39, 0.29) is 41.7 Å². The van der Waals surface area contributed by atoms with Gasteiger partial charge in [0.05, 0.1) is 18.2 Å². The summed E-state index contributed by atoms with van der Waals surface area (Å²) in [6.07, 6.45) is 2.69. The van der Waals surface area contributed by atoms with Gasteiger partial charge in [-0.15, -0.1) is 0 Å². The normalized spacial score (nSPS) is 11.4. The average molecular weight is 732 g/mol. The van der Waals surface area contributed by atoms with Crippen LogP contribution < -0.4 is 29.6 Å². The molecule has 0 spiro atoms. The third kappa shape index (κ3) is 12.9. The average Bonchev–Trinajstić information content (AvgIpc) is 3.09. The number of hydrogen-bond acceptors (Lipinski definition) is 9. The highest BCUT2D eigenvalue weighted by Crippen LogP contribution is 2.26. The molecule has 49 heavy (non-hydrogen) atoms. The molecule has 4 aromatic rings. The van der Waals surface area contributed by atoms with Crippen molar-refractivity contribution in [2.45, 2.75) is 39.5 Å². The Morgan fingerprint density at radius 2 is 1.37 bits per heavy atom. The Labute approximate surface area is 300 Å². The zero-order chi connectivity index (χ0) is 35.0. The molecule has 260 valence electrons. The van der Waals surface area contributed by atoms with Crippen molar-refractivity contribution in [1.82, 2.24) is 20.6 Å². The first-order valence-corrected chi connectivity index (χ1v) is 16.6. The van der Waals surface area contributed by atoms with E-state index >= 15 is 0 Å². The number of nitrogens with zero attached hydrogens (tertiary/aromatic N) is 2. The fourth-order valence-electron chi connectivity index (χ4n) is 4.29. The molecular weight excluding hydrogens is 695 g/mol. The van der Waals surface area contributed by atoms with Gasteiger partial charge >= 0.3 is 0 Å². The van der Waals surface area contributed by atoms with Gasteiger partial charge in [0.2, 0.25) is 11.8 Å². The van der Waals surface area contributed by atoms with Crippen LogP contribution in [0.2, 0.25) is 15.1 Å². The second kappa shape index (κ2) is 19.6. The van der Waals surface area contributed by atoms with Gasteiger partial charge in [0.25, 0.3) is 11.8 Å². The number of aromatic nitrogens is 2. The summed E-state index contributed by atoms with van der Waals surface area (Å²) in [7, 11) is 0. The highest BCUT2D eigenvalue weighted by molar-refractivity contribution is 6.35. The van der Waals surface area contributed by atoms with Crippen molar-refractivity contribution in [3.8, 4) is 23.3 Å². The summed E-state index contributed by atoms with van der Waals surface area (Å²) >= 11 is 18.1. The third-order valence-corrected chi connectivity index (χ3v) is 7.47. The molecule has 0 aliphatic carbocycles. The standard InChI is InChI=1S/C35H37Cl3N4O7/c1-3-31(49-35-30(38)17-26(36)21-42-35)33(44)40-20-25-7-5-9-28(16-25)47-13-11-45-10-12-46-27-8-4-6-24(15-27)19-39-32(43)22-48-34-29(37)14-23(2)18-41-34/h4-9,14-18,21,31H,3,10-13,19-20,22H2,1-2H3,(H,39,43)(H,40,44). The molecule has 11 nitrogen and oxygen atoms in total. The van der Waals surface area contributed by atoms with E-state index in [1.54, 1.807) is 12.3 Å². The first-order chi connectivity index (χ1) is 23.7. The predicted octanol–water partition coefficient (Wildman–Crippen LogP) is 6.39. The molecular formula is C35H37Cl3N4O7. The van der Waals surface area contributed by atoms with Gasteiger partial charge in [0, 0.05) is 25.5 Å². The van der Waals surface area contributed by atoms with E-state index < -0.39 is 6.10 Å². The number of benzene rings is 2. The monoisotopic (exact) mass is 730 g/mol. The van der Waals surface area contributed by atoms with Gasteiger partial charge in [0.15, 0.2) is 12.7 Å². The lowest BCUT2D eigenvalue weighted by molar-refractivity contribution is -0.128. The largest absolute Gasteiger partial charge is 0.491 e. The molecule has 2 heterocycles. The van der Waals surface area contributed by atoms with Gasteiger partial charge in [-0.3, -0.25) is 9.59 Å². The quantitative estimate of drug-likeness (QED) is 0.105. The minimum Gasteiger partial charge on any atom is -0.491 e. The van der Waals surface area contributed by atoms with Crippen LogP contribution >= 0.6 is 34.8 Å². The number of carbonyl (C=O) groups excluding carboxylic acids is 2. The second-order valence-corrected chi connectivity index (χ2v) is 11.9. The third-order valence-electron chi connectivity index (χ3n) is 6.72. The van der Waals surface area contributed by atoms with Crippen LogP contribution in [0, 0.1) is 6.92 Å². The van der Waals surface area contributed by atoms with Gasteiger partial charge in [-0.25, -0.2) is 9.97 Å². The van der Waals surface area contributed by atoms with Crippen LogP contribution in [0.15, 0.2) is 73.1 Å². The number of rotatable bonds is 19. The Hall–Kier alpha value is -4.29. The van der Waals surface area contributed by atoms with Crippen LogP contribution in [0.4, 0.5) is 0 Å². The van der Waals surface area contributed by atoms with Crippen LogP contribution in [-0.4, -0.2) is 60.9 Å². The lowest BCUT2D eigenvalue weighted by atomic mass is 10.2. The summed E-state index contributed by atoms with van der Waals surface area (Å²) in [6.45, 7) is 5.49. The Bertz CT molecular complexity index is 1700. The molecule has 0 aliphatic rings. The van der Waals surface area contributed by atoms with Crippen molar-refractivity contribution in [1.29, 1.82) is 0 Å². The van der Waals surface area contributed by atoms with Gasteiger partial charge < -0.3 is 34.3 Å². The van der Waals surface area contributed by atoms with Gasteiger partial charge in [-0.2, -0.15) is 0 Å². The molecule has 2 aromatic carbocycles. The van der Waals surface area contributed by atoms with E-state index in [4.69, 9.17) is 58.5 Å². The number of amides is 2. The minimum atomic E-state index is -0.766. The topological polar surface area (TPSA) is 130 Å². The number of halogens is 3. The van der Waals surface area contributed by atoms with E-state index in [1.807, 2.05) is 62.4 Å². The number of hydrogen-bond donors (Lipinski definition) is 2. The molecule has 0 aliphatic heterocycles. The maximum Gasteiger partial charge on any atom is 0.261 e. The van der Waals surface area contributed by atoms with Crippen LogP contribution in [0.5, 0.6) is 23.3 Å². The summed E-state index contributed by atoms with van der Waals surface area (Å²) in [5, 5.41) is 6.64. The first-order valence-electron chi connectivity index (χ1n) is 15.5. The lowest BCUT2D eigenvalue weighted by Crippen LogP contribution is -2.37. The van der Waals surface area contributed by atoms with E-state index in [0.717, 1.165) is 16.7 Å². The fourth-order valence-corrected chi connectivity index (χ4v) is 4.99. The van der Waals surface area contributed by atoms with Crippen LogP contribution in [-0.2, 0) is 27.4 Å². The molecule has 0 saturated carbocycles. The summed E-state index contributed by atoms with van der Waals surface area (Å²) in [6, 6.07) is 18.1. The maximum atomic E-state index is 12.7. The van der Waals surface area contributed by atoms with Crippen molar-refractivity contribution in [2.75, 3.05) is 33.0 Å². The van der Waals surface area contributed by atoms with Gasteiger partial charge in [-0.1, -0.05) is 66.0 Å². The molecule has 1 atom stereocenters. The molecule has 0 radical (unpaired) electrons. The molecule has 2 amide bonds. The van der Waals surface area contributed by atoms with E-state index in [0.29, 0.717) is 60.9 Å². The summed E-state index contributed by atoms with van der Waals surface area (Å²) in [5.41, 5.74) is 2.63. The van der Waals surface area contributed by atoms with E-state index in [1.165, 1.54) is 12.3 Å². The number of carbonyl (C=O) groups is 2. The minimum absolute atomic E-state index is 0.149. The van der Waals surface area contributed by atoms with Crippen LogP contribution in [0.1, 0.15) is 30.0 Å². The molecule has 0 bridgehead atoms. The Morgan fingerprint density at radius 1 is 0.755 bits per heavy atom. The molecule has 14 heteroatoms. The summed E-state index contributed by atoms with van der Waals surface area (Å²) in [4.78, 5) is 33.1. The summed E-state index contributed by atoms with van der Waals surface area (Å²) < 4.78 is 28.4. The lowest BCUT2D eigenvalue weighted by Gasteiger charge is -2.17. The zero-order valence-electron chi connectivity index (χ0n) is 27.0. The smallest absolute Gasteiger partial charge is 0.261 e. The van der Waals surface area contributed by atoms with Crippen molar-refractivity contribution in [3.63, 3.8) is 0 Å². The van der Waals surface area contributed by atoms with Crippen LogP contribution in [0.3, 0.4) is 0 Å². The fraction of sp³-hybridized carbons (Fsp3) is 0.314. The molecule has 2 N–H and O–H groups in total. The SMILES string of the molecule is CCC(Oc1ncc(Cl)cc1Cl)C(=O)NCc1cccc(OCCOCCOc2cccc(CNC(=O)COc3ncc(C)cc3Cl)c2)c1. The van der Waals surface area contributed by atoms with Crippen LogP contribution in [0.25, 0.3) is 0 Å². The van der Waals surface area contributed by atoms with Gasteiger partial charge in [0.1, 0.15) is 34.8 Å². The predicted molar refractivity (Wildman–Crippen MR) is 187 cm³/mol. The van der Waals surface area contributed by atoms with Gasteiger partial charge in [-0.05, 0) is 66.4 Å². The highest BCUT2D eigenvalue weighted by Gasteiger charge is 2.20. The number of ether oxygens (including phenoxy) is 5. The Morgan fingerprint density at radius 3 is 1.98 bits per heavy atom. The van der Waals surface area contributed by atoms with E-state index in [9.17, 15) is 9.59 Å². The molecule has 2 aromatic heterocycles. The number of pyridine rings is 2. The number of nitrogens with one attached hydrogen (secondary N) is 2. The van der Waals surface area contributed by atoms with Crippen molar-refractivity contribution >= 4 is 46.6 Å². The Kier molecular flexibility index (Phi) is 15.0.